The molecule has 134 valence electrons. The van der Waals surface area contributed by atoms with E-state index >= 15 is 0 Å². The maximum atomic E-state index is 12.9. The molecule has 3 amide bonds. The topological polar surface area (TPSA) is 94.1 Å². The largest absolute Gasteiger partial charge is 0.492 e. The van der Waals surface area contributed by atoms with Gasteiger partial charge in [0.05, 0.1) is 31.8 Å². The van der Waals surface area contributed by atoms with E-state index in [-0.39, 0.29) is 30.1 Å². The number of imide groups is 1. The number of benzene rings is 1. The first kappa shape index (κ1) is 17.4. The van der Waals surface area contributed by atoms with Crippen LogP contribution in [-0.2, 0) is 14.4 Å². The summed E-state index contributed by atoms with van der Waals surface area (Å²) in [5.74, 6) is -0.253. The lowest BCUT2D eigenvalue weighted by Gasteiger charge is -2.30. The van der Waals surface area contributed by atoms with Gasteiger partial charge in [0, 0.05) is 18.8 Å². The molecular weight excluding hydrogens is 322 g/mol. The van der Waals surface area contributed by atoms with Gasteiger partial charge in [-0.15, -0.1) is 0 Å². The summed E-state index contributed by atoms with van der Waals surface area (Å²) >= 11 is 0. The molecule has 1 aromatic carbocycles. The number of quaternary nitrogens is 1. The van der Waals surface area contributed by atoms with Crippen molar-refractivity contribution in [3.8, 4) is 5.75 Å². The first-order valence-electron chi connectivity index (χ1n) is 8.75. The Hall–Kier alpha value is -2.41. The number of hydrogen-bond acceptors (Lipinski definition) is 4. The Morgan fingerprint density at radius 3 is 2.60 bits per heavy atom. The minimum atomic E-state index is -0.393. The van der Waals surface area contributed by atoms with Crippen molar-refractivity contribution in [1.82, 2.24) is 0 Å². The molecule has 0 unspecified atom stereocenters. The van der Waals surface area contributed by atoms with Crippen molar-refractivity contribution in [1.29, 1.82) is 0 Å². The number of primary amides is 1. The van der Waals surface area contributed by atoms with E-state index in [1.54, 1.807) is 18.2 Å². The molecule has 7 heteroatoms. The van der Waals surface area contributed by atoms with Gasteiger partial charge < -0.3 is 15.4 Å². The van der Waals surface area contributed by atoms with Crippen LogP contribution >= 0.6 is 0 Å². The smallest absolute Gasteiger partial charge is 0.292 e. The summed E-state index contributed by atoms with van der Waals surface area (Å²) < 4.78 is 5.56. The SMILES string of the molecule is CCOc1ccccc1N1C(=O)C[C@@H]([NH+]2CCC(C(N)=O)CC2)C1=O. The Bertz CT molecular complexity index is 683. The van der Waals surface area contributed by atoms with Gasteiger partial charge in [-0.3, -0.25) is 14.4 Å². The van der Waals surface area contributed by atoms with Gasteiger partial charge in [-0.05, 0) is 19.1 Å². The van der Waals surface area contributed by atoms with Crippen LogP contribution < -0.4 is 20.3 Å². The van der Waals surface area contributed by atoms with Crippen LogP contribution in [0.15, 0.2) is 24.3 Å². The standard InChI is InChI=1S/C18H23N3O4/c1-2-25-15-6-4-3-5-13(15)21-16(22)11-14(18(21)24)20-9-7-12(8-10-20)17(19)23/h3-6,12,14H,2,7-11H2,1H3,(H2,19,23)/p+1/t14-/m1/s1. The van der Waals surface area contributed by atoms with E-state index in [1.807, 2.05) is 13.0 Å². The second-order valence-corrected chi connectivity index (χ2v) is 6.56. The number of nitrogens with zero attached hydrogens (tertiary/aromatic N) is 1. The predicted octanol–water partition coefficient (Wildman–Crippen LogP) is -0.503. The summed E-state index contributed by atoms with van der Waals surface area (Å²) in [5, 5.41) is 0. The quantitative estimate of drug-likeness (QED) is 0.703. The monoisotopic (exact) mass is 346 g/mol. The van der Waals surface area contributed by atoms with Gasteiger partial charge in [0.25, 0.3) is 5.91 Å². The molecule has 0 spiro atoms. The van der Waals surface area contributed by atoms with Crippen molar-refractivity contribution in [2.75, 3.05) is 24.6 Å². The highest BCUT2D eigenvalue weighted by Gasteiger charge is 2.47. The summed E-state index contributed by atoms with van der Waals surface area (Å²) in [7, 11) is 0. The zero-order valence-corrected chi connectivity index (χ0v) is 14.4. The second kappa shape index (κ2) is 7.23. The van der Waals surface area contributed by atoms with Crippen LogP contribution in [0.3, 0.4) is 0 Å². The zero-order chi connectivity index (χ0) is 18.0. The van der Waals surface area contributed by atoms with Crippen LogP contribution in [0.5, 0.6) is 5.75 Å². The molecule has 2 fully saturated rings. The highest BCUT2D eigenvalue weighted by atomic mass is 16.5. The third-order valence-electron chi connectivity index (χ3n) is 5.08. The molecule has 2 heterocycles. The fraction of sp³-hybridized carbons (Fsp3) is 0.500. The molecule has 25 heavy (non-hydrogen) atoms. The third kappa shape index (κ3) is 3.37. The molecule has 1 atom stereocenters. The minimum Gasteiger partial charge on any atom is -0.492 e. The van der Waals surface area contributed by atoms with Crippen molar-refractivity contribution in [3.05, 3.63) is 24.3 Å². The molecular formula is C18H24N3O4+. The molecule has 0 radical (unpaired) electrons. The number of carbonyl (C=O) groups excluding carboxylic acids is 3. The molecule has 2 aliphatic heterocycles. The normalized spacial score (nSPS) is 26.8. The van der Waals surface area contributed by atoms with Crippen LogP contribution in [0.4, 0.5) is 5.69 Å². The van der Waals surface area contributed by atoms with Gasteiger partial charge >= 0.3 is 0 Å². The van der Waals surface area contributed by atoms with E-state index in [0.29, 0.717) is 44.0 Å². The Labute approximate surface area is 146 Å². The average molecular weight is 346 g/mol. The van der Waals surface area contributed by atoms with Gasteiger partial charge in [0.15, 0.2) is 6.04 Å². The maximum Gasteiger partial charge on any atom is 0.292 e. The first-order chi connectivity index (χ1) is 12.0. The van der Waals surface area contributed by atoms with Crippen LogP contribution in [0.25, 0.3) is 0 Å². The molecule has 0 aliphatic carbocycles. The molecule has 3 N–H and O–H groups in total. The van der Waals surface area contributed by atoms with E-state index in [1.165, 1.54) is 4.90 Å². The molecule has 0 aromatic heterocycles. The highest BCUT2D eigenvalue weighted by molar-refractivity contribution is 6.22. The molecule has 2 saturated heterocycles. The van der Waals surface area contributed by atoms with Crippen molar-refractivity contribution in [2.45, 2.75) is 32.2 Å². The van der Waals surface area contributed by atoms with E-state index in [4.69, 9.17) is 10.5 Å². The zero-order valence-electron chi connectivity index (χ0n) is 14.4. The lowest BCUT2D eigenvalue weighted by atomic mass is 9.95. The second-order valence-electron chi connectivity index (χ2n) is 6.56. The van der Waals surface area contributed by atoms with E-state index in [0.717, 1.165) is 4.90 Å². The Balaban J connectivity index is 1.76. The van der Waals surface area contributed by atoms with Gasteiger partial charge in [0.1, 0.15) is 5.75 Å². The molecule has 1 aromatic rings. The number of hydrogen-bond donors (Lipinski definition) is 2. The van der Waals surface area contributed by atoms with Crippen molar-refractivity contribution in [3.63, 3.8) is 0 Å². The number of amides is 3. The number of anilines is 1. The first-order valence-corrected chi connectivity index (χ1v) is 8.75. The molecule has 2 aliphatic rings. The summed E-state index contributed by atoms with van der Waals surface area (Å²) in [6, 6.07) is 6.71. The maximum absolute atomic E-state index is 12.9. The number of nitrogens with two attached hydrogens (primary N) is 1. The number of para-hydroxylation sites is 2. The Kier molecular flexibility index (Phi) is 5.03. The van der Waals surface area contributed by atoms with Crippen molar-refractivity contribution in [2.24, 2.45) is 11.7 Å². The lowest BCUT2D eigenvalue weighted by molar-refractivity contribution is -0.920. The van der Waals surface area contributed by atoms with Gasteiger partial charge in [-0.2, -0.15) is 0 Å². The number of carbonyl (C=O) groups is 3. The van der Waals surface area contributed by atoms with Crippen LogP contribution in [0.2, 0.25) is 0 Å². The van der Waals surface area contributed by atoms with Crippen molar-refractivity contribution >= 4 is 23.4 Å². The van der Waals surface area contributed by atoms with Gasteiger partial charge in [-0.1, -0.05) is 12.1 Å². The van der Waals surface area contributed by atoms with E-state index < -0.39 is 6.04 Å². The lowest BCUT2D eigenvalue weighted by Crippen LogP contribution is -3.17. The van der Waals surface area contributed by atoms with E-state index in [9.17, 15) is 14.4 Å². The Morgan fingerprint density at radius 2 is 1.96 bits per heavy atom. The Morgan fingerprint density at radius 1 is 1.28 bits per heavy atom. The highest BCUT2D eigenvalue weighted by Crippen LogP contribution is 2.31. The fourth-order valence-corrected chi connectivity index (χ4v) is 3.75. The van der Waals surface area contributed by atoms with E-state index in [2.05, 4.69) is 0 Å². The predicted molar refractivity (Wildman–Crippen MR) is 91.1 cm³/mol. The number of nitrogens with one attached hydrogen (secondary N) is 1. The van der Waals surface area contributed by atoms with Crippen LogP contribution in [-0.4, -0.2) is 43.5 Å². The molecule has 7 nitrogen and oxygen atoms in total. The fourth-order valence-electron chi connectivity index (χ4n) is 3.75. The number of rotatable bonds is 5. The number of likely N-dealkylation sites (tertiary alicyclic amines) is 1. The van der Waals surface area contributed by atoms with Gasteiger partial charge in [0.2, 0.25) is 11.8 Å². The summed E-state index contributed by atoms with van der Waals surface area (Å²) in [5.41, 5.74) is 5.87. The molecule has 0 bridgehead atoms. The minimum absolute atomic E-state index is 0.120. The van der Waals surface area contributed by atoms with Crippen LogP contribution in [0.1, 0.15) is 26.2 Å². The number of piperidine rings is 1. The van der Waals surface area contributed by atoms with Crippen molar-refractivity contribution < 1.29 is 24.0 Å². The summed E-state index contributed by atoms with van der Waals surface area (Å²) in [4.78, 5) is 39.1. The number of ether oxygens (including phenoxy) is 1. The molecule has 3 rings (SSSR count). The van der Waals surface area contributed by atoms with Crippen LogP contribution in [0, 0.1) is 5.92 Å². The average Bonchev–Trinajstić information content (AvgIpc) is 2.90. The molecule has 0 saturated carbocycles. The van der Waals surface area contributed by atoms with Gasteiger partial charge in [-0.25, -0.2) is 4.90 Å². The summed E-state index contributed by atoms with van der Waals surface area (Å²) in [6.07, 6.45) is 1.52. The third-order valence-corrected chi connectivity index (χ3v) is 5.08. The summed E-state index contributed by atoms with van der Waals surface area (Å²) in [6.45, 7) is 3.68.